The molecule has 0 aromatic heterocycles. The van der Waals surface area contributed by atoms with Gasteiger partial charge >= 0.3 is 5.97 Å². The minimum absolute atomic E-state index is 0.105. The molecule has 3 saturated carbocycles. The molecule has 3 aliphatic rings. The number of rotatable bonds is 1. The van der Waals surface area contributed by atoms with Crippen LogP contribution in [0.1, 0.15) is 66.7 Å². The van der Waals surface area contributed by atoms with Gasteiger partial charge in [-0.25, -0.2) is 0 Å². The summed E-state index contributed by atoms with van der Waals surface area (Å²) in [5, 5.41) is 0. The van der Waals surface area contributed by atoms with Crippen molar-refractivity contribution in [1.82, 2.24) is 0 Å². The third kappa shape index (κ3) is 1.58. The van der Waals surface area contributed by atoms with E-state index in [0.29, 0.717) is 10.8 Å². The molecule has 2 nitrogen and oxygen atoms in total. The second-order valence-corrected chi connectivity index (χ2v) is 8.42. The molecule has 0 radical (unpaired) electrons. The smallest absolute Gasteiger partial charge is 0.302 e. The Morgan fingerprint density at radius 3 is 2.21 bits per heavy atom. The molecule has 0 unspecified atom stereocenters. The summed E-state index contributed by atoms with van der Waals surface area (Å²) in [7, 11) is 0. The van der Waals surface area contributed by atoms with Crippen molar-refractivity contribution in [2.75, 3.05) is 0 Å². The summed E-state index contributed by atoms with van der Waals surface area (Å²) in [6.45, 7) is 11.3. The van der Waals surface area contributed by atoms with Gasteiger partial charge in [-0.05, 0) is 54.8 Å². The Morgan fingerprint density at radius 1 is 1.00 bits per heavy atom. The summed E-state index contributed by atoms with van der Waals surface area (Å²) < 4.78 is 5.67. The molecule has 2 heteroatoms. The average Bonchev–Trinajstić information content (AvgIpc) is 2.52. The first-order valence-corrected chi connectivity index (χ1v) is 7.88. The molecule has 0 aliphatic heterocycles. The number of hydrogen-bond donors (Lipinski definition) is 0. The highest BCUT2D eigenvalue weighted by atomic mass is 16.5. The molecule has 3 aliphatic carbocycles. The highest BCUT2D eigenvalue weighted by molar-refractivity contribution is 5.66. The molecule has 0 bridgehead atoms. The van der Waals surface area contributed by atoms with Crippen molar-refractivity contribution in [3.8, 4) is 0 Å². The Hall–Kier alpha value is -0.530. The van der Waals surface area contributed by atoms with Gasteiger partial charge in [-0.15, -0.1) is 0 Å². The van der Waals surface area contributed by atoms with Crippen molar-refractivity contribution in [2.24, 2.45) is 28.1 Å². The van der Waals surface area contributed by atoms with Crippen LogP contribution in [-0.4, -0.2) is 12.1 Å². The third-order valence-electron chi connectivity index (χ3n) is 7.28. The van der Waals surface area contributed by atoms with Gasteiger partial charge in [0, 0.05) is 12.3 Å². The molecular formula is C17H28O2. The molecule has 0 amide bonds. The Kier molecular flexibility index (Phi) is 2.67. The highest BCUT2D eigenvalue weighted by Gasteiger charge is 2.67. The van der Waals surface area contributed by atoms with Crippen molar-refractivity contribution in [1.29, 1.82) is 0 Å². The first-order chi connectivity index (χ1) is 8.71. The van der Waals surface area contributed by atoms with Gasteiger partial charge in [0.05, 0.1) is 0 Å². The van der Waals surface area contributed by atoms with Crippen LogP contribution in [-0.2, 0) is 9.53 Å². The van der Waals surface area contributed by atoms with E-state index in [0.717, 1.165) is 18.3 Å². The average molecular weight is 264 g/mol. The molecule has 0 aromatic rings. The standard InChI is InChI=1S/C17H28O2/c1-11(18)19-14-7-9-16(4)13-10-15(2,3)12(13)6-8-17(14,16)5/h12-14H,6-10H2,1-5H3/t12-,13+,14+,16+,17+/m1/s1. The lowest BCUT2D eigenvalue weighted by molar-refractivity contribution is -0.194. The predicted octanol–water partition coefficient (Wildman–Crippen LogP) is 4.18. The van der Waals surface area contributed by atoms with Crippen LogP contribution < -0.4 is 0 Å². The van der Waals surface area contributed by atoms with E-state index in [1.165, 1.54) is 25.7 Å². The number of fused-ring (bicyclic) bond motifs is 3. The lowest BCUT2D eigenvalue weighted by atomic mass is 9.39. The van der Waals surface area contributed by atoms with E-state index in [9.17, 15) is 4.79 Å². The maximum Gasteiger partial charge on any atom is 0.302 e. The van der Waals surface area contributed by atoms with Gasteiger partial charge in [-0.1, -0.05) is 27.7 Å². The summed E-state index contributed by atoms with van der Waals surface area (Å²) in [6, 6.07) is 0. The molecular weight excluding hydrogens is 236 g/mol. The topological polar surface area (TPSA) is 26.3 Å². The zero-order valence-electron chi connectivity index (χ0n) is 13.1. The van der Waals surface area contributed by atoms with Gasteiger partial charge in [-0.2, -0.15) is 0 Å². The molecule has 108 valence electrons. The van der Waals surface area contributed by atoms with E-state index in [1.807, 2.05) is 0 Å². The molecule has 5 atom stereocenters. The van der Waals surface area contributed by atoms with E-state index in [2.05, 4.69) is 27.7 Å². The lowest BCUT2D eigenvalue weighted by Gasteiger charge is -2.66. The van der Waals surface area contributed by atoms with Gasteiger partial charge in [-0.3, -0.25) is 4.79 Å². The maximum absolute atomic E-state index is 11.4. The number of carbonyl (C=O) groups excluding carboxylic acids is 1. The molecule has 3 rings (SSSR count). The van der Waals surface area contributed by atoms with Crippen molar-refractivity contribution in [2.45, 2.75) is 72.8 Å². The van der Waals surface area contributed by atoms with Gasteiger partial charge in [0.2, 0.25) is 0 Å². The molecule has 0 heterocycles. The molecule has 19 heavy (non-hydrogen) atoms. The van der Waals surface area contributed by atoms with Crippen molar-refractivity contribution in [3.63, 3.8) is 0 Å². The summed E-state index contributed by atoms with van der Waals surface area (Å²) in [4.78, 5) is 11.4. The van der Waals surface area contributed by atoms with Gasteiger partial charge in [0.1, 0.15) is 6.10 Å². The summed E-state index contributed by atoms with van der Waals surface area (Å²) in [5.74, 6) is 1.63. The van der Waals surface area contributed by atoms with Crippen molar-refractivity contribution < 1.29 is 9.53 Å². The lowest BCUT2D eigenvalue weighted by Crippen LogP contribution is -2.60. The SMILES string of the molecule is CC(=O)O[C@H]1CC[C@@]2(C)[C@H]3CC(C)(C)[C@@H]3CC[C@@]12C. The molecule has 0 saturated heterocycles. The Bertz CT molecular complexity index is 413. The monoisotopic (exact) mass is 264 g/mol. The second kappa shape index (κ2) is 3.77. The normalized spacial score (nSPS) is 50.9. The molecule has 0 aromatic carbocycles. The number of ether oxygens (including phenoxy) is 1. The first-order valence-electron chi connectivity index (χ1n) is 7.88. The van der Waals surface area contributed by atoms with Gasteiger partial charge in [0.15, 0.2) is 0 Å². The number of esters is 1. The largest absolute Gasteiger partial charge is 0.462 e. The quantitative estimate of drug-likeness (QED) is 0.664. The zero-order chi connectivity index (χ0) is 14.1. The van der Waals surface area contributed by atoms with Gasteiger partial charge < -0.3 is 4.74 Å². The Labute approximate surface area is 117 Å². The van der Waals surface area contributed by atoms with Crippen LogP contribution in [0.2, 0.25) is 0 Å². The minimum Gasteiger partial charge on any atom is -0.462 e. The van der Waals surface area contributed by atoms with Crippen LogP contribution in [0.3, 0.4) is 0 Å². The summed E-state index contributed by atoms with van der Waals surface area (Å²) in [6.07, 6.45) is 6.36. The fourth-order valence-electron chi connectivity index (χ4n) is 5.81. The minimum atomic E-state index is -0.105. The zero-order valence-corrected chi connectivity index (χ0v) is 13.1. The summed E-state index contributed by atoms with van der Waals surface area (Å²) in [5.41, 5.74) is 1.12. The van der Waals surface area contributed by atoms with Crippen LogP contribution in [0.15, 0.2) is 0 Å². The van der Waals surface area contributed by atoms with Crippen LogP contribution in [0, 0.1) is 28.1 Å². The molecule has 0 spiro atoms. The van der Waals surface area contributed by atoms with E-state index in [-0.39, 0.29) is 17.5 Å². The maximum atomic E-state index is 11.4. The van der Waals surface area contributed by atoms with Crippen LogP contribution >= 0.6 is 0 Å². The summed E-state index contributed by atoms with van der Waals surface area (Å²) >= 11 is 0. The Balaban J connectivity index is 1.87. The number of hydrogen-bond acceptors (Lipinski definition) is 2. The van der Waals surface area contributed by atoms with Gasteiger partial charge in [0.25, 0.3) is 0 Å². The third-order valence-corrected chi connectivity index (χ3v) is 7.28. The van der Waals surface area contributed by atoms with E-state index in [4.69, 9.17) is 4.74 Å². The molecule has 3 fully saturated rings. The van der Waals surface area contributed by atoms with E-state index < -0.39 is 0 Å². The number of carbonyl (C=O) groups is 1. The second-order valence-electron chi connectivity index (χ2n) is 8.42. The first kappa shape index (κ1) is 13.5. The van der Waals surface area contributed by atoms with Crippen LogP contribution in [0.5, 0.6) is 0 Å². The van der Waals surface area contributed by atoms with Crippen LogP contribution in [0.25, 0.3) is 0 Å². The van der Waals surface area contributed by atoms with Crippen LogP contribution in [0.4, 0.5) is 0 Å². The fourth-order valence-corrected chi connectivity index (χ4v) is 5.81. The van der Waals surface area contributed by atoms with E-state index >= 15 is 0 Å². The fraction of sp³-hybridized carbons (Fsp3) is 0.941. The van der Waals surface area contributed by atoms with E-state index in [1.54, 1.807) is 6.92 Å². The van der Waals surface area contributed by atoms with Crippen molar-refractivity contribution in [3.05, 3.63) is 0 Å². The van der Waals surface area contributed by atoms with Crippen molar-refractivity contribution >= 4 is 5.97 Å². The molecule has 0 N–H and O–H groups in total. The Morgan fingerprint density at radius 2 is 1.63 bits per heavy atom. The predicted molar refractivity (Wildman–Crippen MR) is 75.6 cm³/mol. The highest BCUT2D eigenvalue weighted by Crippen LogP contribution is 2.73.